The van der Waals surface area contributed by atoms with Crippen molar-refractivity contribution in [2.45, 2.75) is 25.8 Å². The van der Waals surface area contributed by atoms with Crippen LogP contribution in [-0.4, -0.2) is 18.5 Å². The summed E-state index contributed by atoms with van der Waals surface area (Å²) in [5.41, 5.74) is 6.63. The predicted octanol–water partition coefficient (Wildman–Crippen LogP) is 1.14. The van der Waals surface area contributed by atoms with Crippen LogP contribution in [0.2, 0.25) is 0 Å². The summed E-state index contributed by atoms with van der Waals surface area (Å²) in [7, 11) is 0. The SMILES string of the molecule is C[C@@H](CN)NC(=O)CCc1ccsc1. The fraction of sp³-hybridized carbons (Fsp3) is 0.500. The minimum absolute atomic E-state index is 0.0741. The lowest BCUT2D eigenvalue weighted by molar-refractivity contribution is -0.121. The highest BCUT2D eigenvalue weighted by Crippen LogP contribution is 2.08. The van der Waals surface area contributed by atoms with Crippen molar-refractivity contribution >= 4 is 17.2 Å². The van der Waals surface area contributed by atoms with E-state index in [2.05, 4.69) is 10.7 Å². The van der Waals surface area contributed by atoms with Gasteiger partial charge in [-0.25, -0.2) is 0 Å². The van der Waals surface area contributed by atoms with Gasteiger partial charge in [0.25, 0.3) is 0 Å². The number of amides is 1. The molecule has 0 aliphatic heterocycles. The van der Waals surface area contributed by atoms with Gasteiger partial charge in [0.15, 0.2) is 0 Å². The summed E-state index contributed by atoms with van der Waals surface area (Å²) in [5, 5.41) is 6.92. The van der Waals surface area contributed by atoms with Crippen molar-refractivity contribution in [2.24, 2.45) is 5.73 Å². The van der Waals surface area contributed by atoms with Crippen LogP contribution in [0.4, 0.5) is 0 Å². The topological polar surface area (TPSA) is 55.1 Å². The predicted molar refractivity (Wildman–Crippen MR) is 59.3 cm³/mol. The Labute approximate surface area is 88.3 Å². The van der Waals surface area contributed by atoms with Crippen molar-refractivity contribution in [3.05, 3.63) is 22.4 Å². The highest BCUT2D eigenvalue weighted by Gasteiger charge is 2.05. The van der Waals surface area contributed by atoms with E-state index in [0.29, 0.717) is 13.0 Å². The van der Waals surface area contributed by atoms with E-state index in [1.807, 2.05) is 18.4 Å². The Morgan fingerprint density at radius 1 is 1.71 bits per heavy atom. The molecular formula is C10H16N2OS. The second-order valence-corrected chi connectivity index (χ2v) is 4.12. The Kier molecular flexibility index (Phi) is 4.62. The van der Waals surface area contributed by atoms with Gasteiger partial charge in [0.1, 0.15) is 0 Å². The fourth-order valence-corrected chi connectivity index (χ4v) is 1.80. The number of rotatable bonds is 5. The minimum Gasteiger partial charge on any atom is -0.352 e. The Morgan fingerprint density at radius 2 is 2.50 bits per heavy atom. The van der Waals surface area contributed by atoms with E-state index in [-0.39, 0.29) is 11.9 Å². The zero-order valence-corrected chi connectivity index (χ0v) is 9.14. The number of hydrogen-bond acceptors (Lipinski definition) is 3. The van der Waals surface area contributed by atoms with Gasteiger partial charge in [0.2, 0.25) is 5.91 Å². The molecule has 0 radical (unpaired) electrons. The maximum atomic E-state index is 11.3. The molecule has 3 N–H and O–H groups in total. The number of nitrogens with one attached hydrogen (secondary N) is 1. The van der Waals surface area contributed by atoms with Gasteiger partial charge >= 0.3 is 0 Å². The largest absolute Gasteiger partial charge is 0.352 e. The molecule has 0 fully saturated rings. The number of carbonyl (C=O) groups excluding carboxylic acids is 1. The molecule has 0 unspecified atom stereocenters. The summed E-state index contributed by atoms with van der Waals surface area (Å²) in [5.74, 6) is 0.0779. The summed E-state index contributed by atoms with van der Waals surface area (Å²) in [4.78, 5) is 11.3. The van der Waals surface area contributed by atoms with Crippen molar-refractivity contribution in [2.75, 3.05) is 6.54 Å². The van der Waals surface area contributed by atoms with Crippen molar-refractivity contribution in [3.63, 3.8) is 0 Å². The van der Waals surface area contributed by atoms with Crippen LogP contribution >= 0.6 is 11.3 Å². The molecule has 0 aliphatic carbocycles. The average Bonchev–Trinajstić information content (AvgIpc) is 2.67. The van der Waals surface area contributed by atoms with Crippen LogP contribution < -0.4 is 11.1 Å². The average molecular weight is 212 g/mol. The highest BCUT2D eigenvalue weighted by atomic mass is 32.1. The molecular weight excluding hydrogens is 196 g/mol. The first-order chi connectivity index (χ1) is 6.72. The molecule has 1 heterocycles. The summed E-state index contributed by atoms with van der Waals surface area (Å²) < 4.78 is 0. The van der Waals surface area contributed by atoms with Crippen molar-refractivity contribution in [3.8, 4) is 0 Å². The molecule has 1 amide bonds. The van der Waals surface area contributed by atoms with Gasteiger partial charge in [-0.15, -0.1) is 0 Å². The molecule has 1 atom stereocenters. The normalized spacial score (nSPS) is 12.4. The van der Waals surface area contributed by atoms with Crippen molar-refractivity contribution < 1.29 is 4.79 Å². The lowest BCUT2D eigenvalue weighted by Crippen LogP contribution is -2.37. The molecule has 1 aromatic heterocycles. The van der Waals surface area contributed by atoms with Gasteiger partial charge in [0.05, 0.1) is 0 Å². The lowest BCUT2D eigenvalue weighted by atomic mass is 10.2. The quantitative estimate of drug-likeness (QED) is 0.769. The van der Waals surface area contributed by atoms with Crippen LogP contribution in [-0.2, 0) is 11.2 Å². The van der Waals surface area contributed by atoms with Gasteiger partial charge in [0, 0.05) is 19.0 Å². The molecule has 0 spiro atoms. The summed E-state index contributed by atoms with van der Waals surface area (Å²) in [6.07, 6.45) is 1.35. The molecule has 3 nitrogen and oxygen atoms in total. The molecule has 0 bridgehead atoms. The Morgan fingerprint density at radius 3 is 3.07 bits per heavy atom. The molecule has 0 aliphatic rings. The van der Waals surface area contributed by atoms with E-state index in [1.54, 1.807) is 11.3 Å². The number of aryl methyl sites for hydroxylation is 1. The molecule has 0 aromatic carbocycles. The Bertz CT molecular complexity index is 272. The first-order valence-electron chi connectivity index (χ1n) is 4.73. The molecule has 1 rings (SSSR count). The second-order valence-electron chi connectivity index (χ2n) is 3.34. The van der Waals surface area contributed by atoms with E-state index in [4.69, 9.17) is 5.73 Å². The summed E-state index contributed by atoms with van der Waals surface area (Å²) in [6.45, 7) is 2.40. The van der Waals surface area contributed by atoms with Crippen LogP contribution in [0, 0.1) is 0 Å². The van der Waals surface area contributed by atoms with Crippen LogP contribution in [0.1, 0.15) is 18.9 Å². The Balaban J connectivity index is 2.22. The van der Waals surface area contributed by atoms with E-state index in [0.717, 1.165) is 6.42 Å². The Hall–Kier alpha value is -0.870. The van der Waals surface area contributed by atoms with Gasteiger partial charge in [-0.1, -0.05) is 0 Å². The van der Waals surface area contributed by atoms with Crippen LogP contribution in [0.3, 0.4) is 0 Å². The number of thiophene rings is 1. The smallest absolute Gasteiger partial charge is 0.220 e. The molecule has 4 heteroatoms. The third-order valence-electron chi connectivity index (χ3n) is 1.98. The molecule has 0 saturated carbocycles. The van der Waals surface area contributed by atoms with Crippen LogP contribution in [0.25, 0.3) is 0 Å². The summed E-state index contributed by atoms with van der Waals surface area (Å²) >= 11 is 1.66. The van der Waals surface area contributed by atoms with Gasteiger partial charge in [-0.2, -0.15) is 11.3 Å². The van der Waals surface area contributed by atoms with Gasteiger partial charge < -0.3 is 11.1 Å². The number of hydrogen-bond donors (Lipinski definition) is 2. The maximum Gasteiger partial charge on any atom is 0.220 e. The monoisotopic (exact) mass is 212 g/mol. The zero-order chi connectivity index (χ0) is 10.4. The van der Waals surface area contributed by atoms with Crippen LogP contribution in [0.5, 0.6) is 0 Å². The standard InChI is InChI=1S/C10H16N2OS/c1-8(6-11)12-10(13)3-2-9-4-5-14-7-9/h4-5,7-8H,2-3,6,11H2,1H3,(H,12,13)/t8-/m0/s1. The molecule has 78 valence electrons. The summed E-state index contributed by atoms with van der Waals surface area (Å²) in [6, 6.07) is 2.12. The van der Waals surface area contributed by atoms with E-state index < -0.39 is 0 Å². The zero-order valence-electron chi connectivity index (χ0n) is 8.32. The van der Waals surface area contributed by atoms with Crippen molar-refractivity contribution in [1.29, 1.82) is 0 Å². The number of carbonyl (C=O) groups is 1. The minimum atomic E-state index is 0.0741. The molecule has 14 heavy (non-hydrogen) atoms. The van der Waals surface area contributed by atoms with Gasteiger partial charge in [-0.3, -0.25) is 4.79 Å². The van der Waals surface area contributed by atoms with Crippen LogP contribution in [0.15, 0.2) is 16.8 Å². The maximum absolute atomic E-state index is 11.3. The van der Waals surface area contributed by atoms with Crippen molar-refractivity contribution in [1.82, 2.24) is 5.32 Å². The number of nitrogens with two attached hydrogens (primary N) is 1. The van der Waals surface area contributed by atoms with E-state index in [9.17, 15) is 4.79 Å². The molecule has 0 saturated heterocycles. The van der Waals surface area contributed by atoms with Gasteiger partial charge in [-0.05, 0) is 35.7 Å². The lowest BCUT2D eigenvalue weighted by Gasteiger charge is -2.10. The highest BCUT2D eigenvalue weighted by molar-refractivity contribution is 7.07. The first kappa shape index (κ1) is 11.2. The van der Waals surface area contributed by atoms with E-state index >= 15 is 0 Å². The third-order valence-corrected chi connectivity index (χ3v) is 2.71. The second kappa shape index (κ2) is 5.78. The van der Waals surface area contributed by atoms with E-state index in [1.165, 1.54) is 5.56 Å². The third kappa shape index (κ3) is 3.89. The fourth-order valence-electron chi connectivity index (χ4n) is 1.10. The molecule has 1 aromatic rings. The first-order valence-corrected chi connectivity index (χ1v) is 5.67.